The molecule has 1 amide bonds. The Morgan fingerprint density at radius 3 is 2.68 bits per heavy atom. The molecule has 1 N–H and O–H groups in total. The minimum absolute atomic E-state index is 0.0762. The molecule has 10 heteroatoms. The summed E-state index contributed by atoms with van der Waals surface area (Å²) in [4.78, 5) is 34.1. The summed E-state index contributed by atoms with van der Waals surface area (Å²) in [6, 6.07) is 7.20. The summed E-state index contributed by atoms with van der Waals surface area (Å²) in [5.74, 6) is 0.326. The molecule has 6 nitrogen and oxygen atoms in total. The predicted octanol–water partition coefficient (Wildman–Crippen LogP) is 4.26. The second-order valence-electron chi connectivity index (χ2n) is 6.43. The molecule has 0 radical (unpaired) electrons. The van der Waals surface area contributed by atoms with E-state index in [0.717, 1.165) is 31.6 Å². The topological polar surface area (TPSA) is 71.0 Å². The molecule has 28 heavy (non-hydrogen) atoms. The third kappa shape index (κ3) is 4.03. The number of carbonyl (C=O) groups is 1. The lowest BCUT2D eigenvalue weighted by Crippen LogP contribution is -2.36. The molecule has 3 aromatic rings. The number of aromatic amines is 1. The Morgan fingerprint density at radius 2 is 1.96 bits per heavy atom. The number of likely N-dealkylation sites (tertiary alicyclic amines) is 1. The van der Waals surface area contributed by atoms with Crippen molar-refractivity contribution in [3.8, 4) is 5.69 Å². The molecule has 0 unspecified atom stereocenters. The van der Waals surface area contributed by atoms with Gasteiger partial charge in [0.1, 0.15) is 4.70 Å². The standard InChI is InChI=1S/C18H17ClN4O2S3/c19-11-4-6-12(7-5-11)23-15-14(28-18(23)26)16(25)21-17(20-15)27-10-13(24)22-8-2-1-3-9-22/h4-7H,1-3,8-10H2,(H,20,21,25). The van der Waals surface area contributed by atoms with Crippen LogP contribution in [0.15, 0.2) is 34.2 Å². The van der Waals surface area contributed by atoms with E-state index in [-0.39, 0.29) is 17.2 Å². The first-order chi connectivity index (χ1) is 13.5. The highest BCUT2D eigenvalue weighted by Gasteiger charge is 2.18. The van der Waals surface area contributed by atoms with Gasteiger partial charge in [0.2, 0.25) is 5.91 Å². The number of amides is 1. The SMILES string of the molecule is O=C(CSc1nc2c(sc(=S)n2-c2ccc(Cl)cc2)c(=O)[nH]1)N1CCCCC1. The molecule has 1 aromatic carbocycles. The van der Waals surface area contributed by atoms with Crippen molar-refractivity contribution in [1.29, 1.82) is 0 Å². The third-order valence-corrected chi connectivity index (χ3v) is 7.02. The van der Waals surface area contributed by atoms with E-state index < -0.39 is 0 Å². The molecule has 2 aromatic heterocycles. The zero-order chi connectivity index (χ0) is 19.7. The van der Waals surface area contributed by atoms with Crippen molar-refractivity contribution >= 4 is 63.2 Å². The number of aromatic nitrogens is 3. The molecule has 3 heterocycles. The maximum atomic E-state index is 12.5. The van der Waals surface area contributed by atoms with Gasteiger partial charge in [0.15, 0.2) is 14.8 Å². The Kier molecular flexibility index (Phi) is 5.86. The highest BCUT2D eigenvalue weighted by atomic mass is 35.5. The van der Waals surface area contributed by atoms with Gasteiger partial charge in [-0.25, -0.2) is 4.98 Å². The number of hydrogen-bond donors (Lipinski definition) is 1. The highest BCUT2D eigenvalue weighted by molar-refractivity contribution is 7.99. The number of nitrogens with one attached hydrogen (secondary N) is 1. The lowest BCUT2D eigenvalue weighted by molar-refractivity contribution is -0.129. The molecule has 0 atom stereocenters. The summed E-state index contributed by atoms with van der Waals surface area (Å²) in [7, 11) is 0. The van der Waals surface area contributed by atoms with Crippen LogP contribution in [0.3, 0.4) is 0 Å². The highest BCUT2D eigenvalue weighted by Crippen LogP contribution is 2.25. The van der Waals surface area contributed by atoms with E-state index in [0.29, 0.717) is 24.5 Å². The van der Waals surface area contributed by atoms with Crippen LogP contribution in [0.25, 0.3) is 16.0 Å². The third-order valence-electron chi connectivity index (χ3n) is 4.55. The van der Waals surface area contributed by atoms with Crippen molar-refractivity contribution in [2.75, 3.05) is 18.8 Å². The molecule has 4 rings (SSSR count). The quantitative estimate of drug-likeness (QED) is 0.363. The molecular weight excluding hydrogens is 436 g/mol. The number of thioether (sulfide) groups is 1. The number of hydrogen-bond acceptors (Lipinski definition) is 6. The molecule has 0 saturated carbocycles. The molecular formula is C18H17ClN4O2S3. The average Bonchev–Trinajstić information content (AvgIpc) is 3.04. The fourth-order valence-corrected chi connectivity index (χ4v) is 5.30. The van der Waals surface area contributed by atoms with Gasteiger partial charge >= 0.3 is 0 Å². The Bertz CT molecular complexity index is 1130. The number of benzene rings is 1. The number of nitrogens with zero attached hydrogens (tertiary/aromatic N) is 3. The summed E-state index contributed by atoms with van der Waals surface area (Å²) in [6.07, 6.45) is 3.28. The molecule has 146 valence electrons. The fraction of sp³-hybridized carbons (Fsp3) is 0.333. The smallest absolute Gasteiger partial charge is 0.271 e. The first-order valence-electron chi connectivity index (χ1n) is 8.85. The van der Waals surface area contributed by atoms with Crippen LogP contribution in [0.2, 0.25) is 5.02 Å². The first-order valence-corrected chi connectivity index (χ1v) is 11.4. The second kappa shape index (κ2) is 8.36. The molecule has 1 saturated heterocycles. The largest absolute Gasteiger partial charge is 0.342 e. The minimum Gasteiger partial charge on any atom is -0.342 e. The van der Waals surface area contributed by atoms with Crippen molar-refractivity contribution in [2.45, 2.75) is 24.4 Å². The van der Waals surface area contributed by atoms with E-state index in [2.05, 4.69) is 9.97 Å². The number of carbonyl (C=O) groups excluding carboxylic acids is 1. The Morgan fingerprint density at radius 1 is 1.25 bits per heavy atom. The molecule has 1 aliphatic rings. The van der Waals surface area contributed by atoms with Gasteiger partial charge in [0.25, 0.3) is 5.56 Å². The average molecular weight is 453 g/mol. The van der Waals surface area contributed by atoms with Gasteiger partial charge in [-0.2, -0.15) is 0 Å². The Balaban J connectivity index is 1.64. The van der Waals surface area contributed by atoms with Crippen LogP contribution in [-0.4, -0.2) is 44.2 Å². The van der Waals surface area contributed by atoms with Gasteiger partial charge in [0, 0.05) is 23.8 Å². The number of piperidine rings is 1. The maximum absolute atomic E-state index is 12.5. The Labute approximate surface area is 179 Å². The minimum atomic E-state index is -0.248. The van der Waals surface area contributed by atoms with Gasteiger partial charge in [-0.05, 0) is 55.7 Å². The molecule has 0 aliphatic carbocycles. The number of H-pyrrole nitrogens is 1. The summed E-state index contributed by atoms with van der Waals surface area (Å²) < 4.78 is 2.76. The Hall–Kier alpha value is -1.68. The van der Waals surface area contributed by atoms with Crippen LogP contribution < -0.4 is 5.56 Å². The summed E-state index contributed by atoms with van der Waals surface area (Å²) in [5, 5.41) is 1.03. The predicted molar refractivity (Wildman–Crippen MR) is 117 cm³/mol. The van der Waals surface area contributed by atoms with E-state index in [4.69, 9.17) is 23.8 Å². The number of thiazole rings is 1. The number of fused-ring (bicyclic) bond motifs is 1. The van der Waals surface area contributed by atoms with E-state index >= 15 is 0 Å². The maximum Gasteiger partial charge on any atom is 0.271 e. The zero-order valence-corrected chi connectivity index (χ0v) is 18.0. The first kappa shape index (κ1) is 19.6. The van der Waals surface area contributed by atoms with E-state index in [1.54, 1.807) is 16.7 Å². The monoisotopic (exact) mass is 452 g/mol. The summed E-state index contributed by atoms with van der Waals surface area (Å²) in [6.45, 7) is 1.62. The van der Waals surface area contributed by atoms with Gasteiger partial charge < -0.3 is 9.88 Å². The van der Waals surface area contributed by atoms with Gasteiger partial charge in [-0.1, -0.05) is 34.7 Å². The van der Waals surface area contributed by atoms with Crippen LogP contribution in [-0.2, 0) is 4.79 Å². The normalized spacial score (nSPS) is 14.5. The van der Waals surface area contributed by atoms with Crippen molar-refractivity contribution in [2.24, 2.45) is 0 Å². The fourth-order valence-electron chi connectivity index (χ4n) is 3.14. The molecule has 1 fully saturated rings. The molecule has 1 aliphatic heterocycles. The van der Waals surface area contributed by atoms with Crippen molar-refractivity contribution in [3.05, 3.63) is 43.6 Å². The van der Waals surface area contributed by atoms with Gasteiger partial charge in [0.05, 0.1) is 5.75 Å². The van der Waals surface area contributed by atoms with Crippen LogP contribution >= 0.6 is 46.9 Å². The van der Waals surface area contributed by atoms with Crippen molar-refractivity contribution < 1.29 is 4.79 Å². The summed E-state index contributed by atoms with van der Waals surface area (Å²) in [5.41, 5.74) is 1.04. The van der Waals surface area contributed by atoms with E-state index in [1.165, 1.54) is 29.5 Å². The van der Waals surface area contributed by atoms with Crippen LogP contribution in [0, 0.1) is 3.95 Å². The van der Waals surface area contributed by atoms with Crippen molar-refractivity contribution in [3.63, 3.8) is 0 Å². The van der Waals surface area contributed by atoms with Gasteiger partial charge in [-0.3, -0.25) is 14.2 Å². The lowest BCUT2D eigenvalue weighted by atomic mass is 10.1. The van der Waals surface area contributed by atoms with Gasteiger partial charge in [-0.15, -0.1) is 0 Å². The van der Waals surface area contributed by atoms with E-state index in [1.807, 2.05) is 17.0 Å². The van der Waals surface area contributed by atoms with E-state index in [9.17, 15) is 9.59 Å². The lowest BCUT2D eigenvalue weighted by Gasteiger charge is -2.26. The zero-order valence-electron chi connectivity index (χ0n) is 14.8. The molecule has 0 bridgehead atoms. The number of halogens is 1. The van der Waals surface area contributed by atoms with Crippen molar-refractivity contribution in [1.82, 2.24) is 19.4 Å². The van der Waals surface area contributed by atoms with Crippen LogP contribution in [0.5, 0.6) is 0 Å². The summed E-state index contributed by atoms with van der Waals surface area (Å²) >= 11 is 13.9. The van der Waals surface area contributed by atoms with Crippen LogP contribution in [0.4, 0.5) is 0 Å². The molecule has 0 spiro atoms. The van der Waals surface area contributed by atoms with Crippen LogP contribution in [0.1, 0.15) is 19.3 Å². The number of rotatable bonds is 4. The second-order valence-corrected chi connectivity index (χ2v) is 9.48.